The van der Waals surface area contributed by atoms with Gasteiger partial charge in [-0.1, -0.05) is 6.07 Å². The Bertz CT molecular complexity index is 1110. The van der Waals surface area contributed by atoms with Crippen molar-refractivity contribution >= 4 is 20.0 Å². The molecule has 29 heavy (non-hydrogen) atoms. The van der Waals surface area contributed by atoms with Crippen molar-refractivity contribution < 1.29 is 16.8 Å². The molecule has 8 nitrogen and oxygen atoms in total. The lowest BCUT2D eigenvalue weighted by molar-refractivity contribution is 0.404. The standard InChI is InChI=1S/C19H26N4O4S2/c1-21-15-19(14-20-21)29(26,27)23-10-4-9-22(11-12-23)28(24,25)18-8-7-16-5-2-3-6-17(16)13-18/h7-8,13-15H,2-6,9-12H2,1H3. The van der Waals surface area contributed by atoms with Crippen LogP contribution in [0.25, 0.3) is 0 Å². The summed E-state index contributed by atoms with van der Waals surface area (Å²) in [4.78, 5) is 0.438. The summed E-state index contributed by atoms with van der Waals surface area (Å²) in [6.45, 7) is 0.853. The third-order valence-corrected chi connectivity index (χ3v) is 9.44. The number of sulfonamides is 2. The molecule has 158 valence electrons. The average molecular weight is 439 g/mol. The third kappa shape index (κ3) is 3.98. The number of hydrogen-bond donors (Lipinski definition) is 0. The van der Waals surface area contributed by atoms with Gasteiger partial charge in [0, 0.05) is 39.4 Å². The molecule has 0 radical (unpaired) electrons. The number of aromatic nitrogens is 2. The third-order valence-electron chi connectivity index (χ3n) is 5.69. The largest absolute Gasteiger partial charge is 0.274 e. The minimum atomic E-state index is -3.68. The summed E-state index contributed by atoms with van der Waals surface area (Å²) in [6.07, 6.45) is 7.37. The van der Waals surface area contributed by atoms with Gasteiger partial charge in [0.15, 0.2) is 0 Å². The van der Waals surface area contributed by atoms with Gasteiger partial charge in [0.05, 0.1) is 11.1 Å². The Morgan fingerprint density at radius 3 is 2.03 bits per heavy atom. The van der Waals surface area contributed by atoms with Gasteiger partial charge in [-0.3, -0.25) is 4.68 Å². The van der Waals surface area contributed by atoms with E-state index in [1.807, 2.05) is 6.07 Å². The lowest BCUT2D eigenvalue weighted by Crippen LogP contribution is -2.37. The molecule has 1 aliphatic carbocycles. The number of fused-ring (bicyclic) bond motifs is 1. The molecule has 2 heterocycles. The van der Waals surface area contributed by atoms with Crippen molar-refractivity contribution in [3.8, 4) is 0 Å². The zero-order chi connectivity index (χ0) is 20.6. The fourth-order valence-electron chi connectivity index (χ4n) is 4.05. The Morgan fingerprint density at radius 1 is 0.793 bits per heavy atom. The maximum Gasteiger partial charge on any atom is 0.246 e. The number of nitrogens with zero attached hydrogens (tertiary/aromatic N) is 4. The van der Waals surface area contributed by atoms with E-state index in [9.17, 15) is 16.8 Å². The van der Waals surface area contributed by atoms with E-state index in [1.165, 1.54) is 31.2 Å². The van der Waals surface area contributed by atoms with E-state index in [1.54, 1.807) is 19.2 Å². The van der Waals surface area contributed by atoms with Crippen LogP contribution in [0.1, 0.15) is 30.4 Å². The molecule has 0 N–H and O–H groups in total. The van der Waals surface area contributed by atoms with Crippen LogP contribution in [0.2, 0.25) is 0 Å². The van der Waals surface area contributed by atoms with Crippen molar-refractivity contribution in [2.24, 2.45) is 7.05 Å². The Kier molecular flexibility index (Phi) is 5.54. The van der Waals surface area contributed by atoms with Crippen LogP contribution < -0.4 is 0 Å². The summed E-state index contributed by atoms with van der Waals surface area (Å²) >= 11 is 0. The van der Waals surface area contributed by atoms with Crippen molar-refractivity contribution in [2.75, 3.05) is 26.2 Å². The van der Waals surface area contributed by atoms with Gasteiger partial charge < -0.3 is 0 Å². The molecular formula is C19H26N4O4S2. The molecule has 0 atom stereocenters. The van der Waals surface area contributed by atoms with Gasteiger partial charge in [0.1, 0.15) is 4.90 Å². The van der Waals surface area contributed by atoms with E-state index in [2.05, 4.69) is 5.10 Å². The monoisotopic (exact) mass is 438 g/mol. The Hall–Kier alpha value is -1.75. The highest BCUT2D eigenvalue weighted by Crippen LogP contribution is 2.27. The predicted octanol–water partition coefficient (Wildman–Crippen LogP) is 1.38. The highest BCUT2D eigenvalue weighted by atomic mass is 32.2. The molecule has 1 aromatic carbocycles. The second-order valence-electron chi connectivity index (χ2n) is 7.65. The van der Waals surface area contributed by atoms with Gasteiger partial charge in [-0.15, -0.1) is 0 Å². The molecule has 0 unspecified atom stereocenters. The summed E-state index contributed by atoms with van der Waals surface area (Å²) in [5, 5.41) is 3.93. The first-order valence-electron chi connectivity index (χ1n) is 9.89. The van der Waals surface area contributed by atoms with Gasteiger partial charge in [0.2, 0.25) is 20.0 Å². The van der Waals surface area contributed by atoms with E-state index < -0.39 is 20.0 Å². The van der Waals surface area contributed by atoms with Crippen molar-refractivity contribution in [1.82, 2.24) is 18.4 Å². The van der Waals surface area contributed by atoms with Crippen LogP contribution in [0.3, 0.4) is 0 Å². The summed E-state index contributed by atoms with van der Waals surface area (Å²) in [7, 11) is -5.67. The topological polar surface area (TPSA) is 92.6 Å². The lowest BCUT2D eigenvalue weighted by atomic mass is 9.92. The van der Waals surface area contributed by atoms with E-state index in [0.717, 1.165) is 31.2 Å². The molecule has 1 aromatic heterocycles. The zero-order valence-corrected chi connectivity index (χ0v) is 18.1. The van der Waals surface area contributed by atoms with Crippen molar-refractivity contribution in [3.63, 3.8) is 0 Å². The summed E-state index contributed by atoms with van der Waals surface area (Å²) in [6, 6.07) is 5.42. The fraction of sp³-hybridized carbons (Fsp3) is 0.526. The van der Waals surface area contributed by atoms with E-state index in [4.69, 9.17) is 0 Å². The molecule has 1 aliphatic heterocycles. The molecule has 2 aromatic rings. The lowest BCUT2D eigenvalue weighted by Gasteiger charge is -2.22. The zero-order valence-electron chi connectivity index (χ0n) is 16.5. The van der Waals surface area contributed by atoms with Crippen LogP contribution in [0.5, 0.6) is 0 Å². The van der Waals surface area contributed by atoms with Crippen LogP contribution in [0, 0.1) is 0 Å². The Labute approximate surface area is 172 Å². The summed E-state index contributed by atoms with van der Waals surface area (Å²) in [5.74, 6) is 0. The molecule has 10 heteroatoms. The minimum Gasteiger partial charge on any atom is -0.274 e. The summed E-state index contributed by atoms with van der Waals surface area (Å²) < 4.78 is 56.3. The van der Waals surface area contributed by atoms with Gasteiger partial charge in [-0.05, 0) is 55.4 Å². The van der Waals surface area contributed by atoms with Gasteiger partial charge in [-0.25, -0.2) is 16.8 Å². The highest BCUT2D eigenvalue weighted by molar-refractivity contribution is 7.89. The average Bonchev–Trinajstić information content (AvgIpc) is 2.99. The van der Waals surface area contributed by atoms with E-state index in [0.29, 0.717) is 17.9 Å². The molecular weight excluding hydrogens is 412 g/mol. The highest BCUT2D eigenvalue weighted by Gasteiger charge is 2.32. The first kappa shape index (κ1) is 20.5. The van der Waals surface area contributed by atoms with Gasteiger partial charge >= 0.3 is 0 Å². The van der Waals surface area contributed by atoms with Crippen LogP contribution in [-0.2, 0) is 39.9 Å². The van der Waals surface area contributed by atoms with Gasteiger partial charge in [-0.2, -0.15) is 13.7 Å². The molecule has 0 bridgehead atoms. The first-order chi connectivity index (χ1) is 13.8. The Balaban J connectivity index is 1.53. The van der Waals surface area contributed by atoms with Crippen molar-refractivity contribution in [1.29, 1.82) is 0 Å². The molecule has 0 amide bonds. The summed E-state index contributed by atoms with van der Waals surface area (Å²) in [5.41, 5.74) is 2.35. The second-order valence-corrected chi connectivity index (χ2v) is 11.5. The normalized spacial score (nSPS) is 19.6. The van der Waals surface area contributed by atoms with Crippen molar-refractivity contribution in [2.45, 2.75) is 41.9 Å². The number of hydrogen-bond acceptors (Lipinski definition) is 5. The molecule has 0 spiro atoms. The maximum absolute atomic E-state index is 13.2. The molecule has 1 saturated heterocycles. The Morgan fingerprint density at radius 2 is 1.41 bits per heavy atom. The van der Waals surface area contributed by atoms with Crippen LogP contribution in [0.4, 0.5) is 0 Å². The van der Waals surface area contributed by atoms with Gasteiger partial charge in [0.25, 0.3) is 0 Å². The predicted molar refractivity (Wildman–Crippen MR) is 108 cm³/mol. The van der Waals surface area contributed by atoms with Crippen molar-refractivity contribution in [3.05, 3.63) is 41.7 Å². The minimum absolute atomic E-state index is 0.126. The quantitative estimate of drug-likeness (QED) is 0.719. The van der Waals surface area contributed by atoms with Crippen LogP contribution >= 0.6 is 0 Å². The first-order valence-corrected chi connectivity index (χ1v) is 12.8. The van der Waals surface area contributed by atoms with E-state index in [-0.39, 0.29) is 24.5 Å². The maximum atomic E-state index is 13.2. The molecule has 2 aliphatic rings. The fourth-order valence-corrected chi connectivity index (χ4v) is 7.03. The number of benzene rings is 1. The second kappa shape index (κ2) is 7.82. The molecule has 4 rings (SSSR count). The van der Waals surface area contributed by atoms with E-state index >= 15 is 0 Å². The van der Waals surface area contributed by atoms with Crippen LogP contribution in [0.15, 0.2) is 40.4 Å². The number of aryl methyl sites for hydroxylation is 3. The van der Waals surface area contributed by atoms with Crippen LogP contribution in [-0.4, -0.2) is 61.4 Å². The SMILES string of the molecule is Cn1cc(S(=O)(=O)N2CCCN(S(=O)(=O)c3ccc4c(c3)CCCC4)CC2)cn1. The smallest absolute Gasteiger partial charge is 0.246 e. The molecule has 0 saturated carbocycles. The molecule has 1 fully saturated rings. The number of rotatable bonds is 4.